The van der Waals surface area contributed by atoms with Crippen LogP contribution in [-0.2, 0) is 22.9 Å². The molecule has 0 bridgehead atoms. The van der Waals surface area contributed by atoms with Crippen LogP contribution in [0.5, 0.6) is 0 Å². The molecule has 1 heterocycles. The van der Waals surface area contributed by atoms with Crippen molar-refractivity contribution in [1.82, 2.24) is 9.55 Å². The molecular formula is C23H26N2O4S. The van der Waals surface area contributed by atoms with E-state index in [2.05, 4.69) is 25.4 Å². The van der Waals surface area contributed by atoms with Crippen molar-refractivity contribution in [3.05, 3.63) is 72.3 Å². The molecule has 0 aliphatic heterocycles. The van der Waals surface area contributed by atoms with Crippen molar-refractivity contribution >= 4 is 15.6 Å². The van der Waals surface area contributed by atoms with Crippen molar-refractivity contribution < 1.29 is 18.6 Å². The van der Waals surface area contributed by atoms with Crippen molar-refractivity contribution in [2.75, 3.05) is 6.26 Å². The molecule has 158 valence electrons. The smallest absolute Gasteiger partial charge is 0.175 e. The molecule has 1 aromatic heterocycles. The van der Waals surface area contributed by atoms with Crippen LogP contribution >= 0.6 is 0 Å². The lowest BCUT2D eigenvalue weighted by Crippen LogP contribution is -2.04. The van der Waals surface area contributed by atoms with Crippen molar-refractivity contribution in [3.8, 4) is 16.8 Å². The normalized spacial score (nSPS) is 11.8. The van der Waals surface area contributed by atoms with Crippen LogP contribution in [0.15, 0.2) is 60.1 Å². The van der Waals surface area contributed by atoms with Gasteiger partial charge in [0.2, 0.25) is 0 Å². The summed E-state index contributed by atoms with van der Waals surface area (Å²) >= 11 is 0. The molecule has 0 atom stereocenters. The van der Waals surface area contributed by atoms with E-state index in [0.717, 1.165) is 35.3 Å². The maximum absolute atomic E-state index is 12.1. The Balaban J connectivity index is 2.01. The highest BCUT2D eigenvalue weighted by Crippen LogP contribution is 2.27. The average Bonchev–Trinajstić information content (AvgIpc) is 3.10. The van der Waals surface area contributed by atoms with Gasteiger partial charge in [-0.05, 0) is 40.8 Å². The van der Waals surface area contributed by atoms with Gasteiger partial charge in [0.15, 0.2) is 9.84 Å². The van der Waals surface area contributed by atoms with E-state index < -0.39 is 9.84 Å². The Kier molecular flexibility index (Phi) is 6.14. The van der Waals surface area contributed by atoms with Crippen molar-refractivity contribution in [2.45, 2.75) is 31.8 Å². The summed E-state index contributed by atoms with van der Waals surface area (Å²) in [6.45, 7) is 7.43. The van der Waals surface area contributed by atoms with E-state index >= 15 is 0 Å². The molecule has 7 heteroatoms. The SMILES string of the molecule is C=C(O)c1cn(-c2ccc(-c3ccc(CO)c(S(C)(=O)=O)c3)cc2)c(CC(C)C)n1. The Labute approximate surface area is 177 Å². The molecule has 0 aliphatic carbocycles. The van der Waals surface area contributed by atoms with E-state index in [1.807, 2.05) is 28.8 Å². The summed E-state index contributed by atoms with van der Waals surface area (Å²) in [6, 6.07) is 12.7. The summed E-state index contributed by atoms with van der Waals surface area (Å²) in [6.07, 6.45) is 3.64. The van der Waals surface area contributed by atoms with Crippen molar-refractivity contribution in [1.29, 1.82) is 0 Å². The average molecular weight is 427 g/mol. The van der Waals surface area contributed by atoms with E-state index in [1.54, 1.807) is 24.4 Å². The van der Waals surface area contributed by atoms with Crippen LogP contribution in [0.3, 0.4) is 0 Å². The van der Waals surface area contributed by atoms with Gasteiger partial charge in [0, 0.05) is 24.6 Å². The van der Waals surface area contributed by atoms with Gasteiger partial charge < -0.3 is 14.8 Å². The van der Waals surface area contributed by atoms with Crippen molar-refractivity contribution in [3.63, 3.8) is 0 Å². The number of imidazole rings is 1. The molecule has 0 saturated heterocycles. The summed E-state index contributed by atoms with van der Waals surface area (Å²) in [5, 5.41) is 19.2. The second-order valence-electron chi connectivity index (χ2n) is 7.76. The Morgan fingerprint density at radius 3 is 2.30 bits per heavy atom. The Morgan fingerprint density at radius 1 is 1.13 bits per heavy atom. The predicted molar refractivity (Wildman–Crippen MR) is 118 cm³/mol. The van der Waals surface area contributed by atoms with Crippen LogP contribution in [-0.4, -0.2) is 34.4 Å². The van der Waals surface area contributed by atoms with E-state index in [1.165, 1.54) is 0 Å². The molecule has 6 nitrogen and oxygen atoms in total. The number of nitrogens with zero attached hydrogens (tertiary/aromatic N) is 2. The van der Waals surface area contributed by atoms with E-state index in [0.29, 0.717) is 17.2 Å². The quantitative estimate of drug-likeness (QED) is 0.554. The standard InChI is InChI=1S/C23H26N2O4S/c1-15(2)11-23-24-21(16(3)27)13-25(23)20-9-7-17(8-10-20)18-5-6-19(14-26)22(12-18)30(4,28)29/h5-10,12-13,15,26-27H,3,11,14H2,1-2,4H3. The third-order valence-corrected chi connectivity index (χ3v) is 5.96. The second kappa shape index (κ2) is 8.45. The molecule has 0 spiro atoms. The molecule has 0 amide bonds. The number of benzene rings is 2. The van der Waals surface area contributed by atoms with Crippen LogP contribution < -0.4 is 0 Å². The fourth-order valence-corrected chi connectivity index (χ4v) is 4.26. The van der Waals surface area contributed by atoms with Crippen LogP contribution in [0.25, 0.3) is 22.6 Å². The number of rotatable bonds is 7. The third kappa shape index (κ3) is 4.63. The molecule has 0 radical (unpaired) electrons. The third-order valence-electron chi connectivity index (χ3n) is 4.78. The van der Waals surface area contributed by atoms with Gasteiger partial charge in [-0.2, -0.15) is 0 Å². The molecule has 0 aliphatic rings. The Hall–Kier alpha value is -2.90. The number of hydrogen-bond donors (Lipinski definition) is 2. The number of aromatic nitrogens is 2. The van der Waals surface area contributed by atoms with Gasteiger partial charge in [-0.3, -0.25) is 0 Å². The zero-order chi connectivity index (χ0) is 22.1. The van der Waals surface area contributed by atoms with Crippen LogP contribution in [0.4, 0.5) is 0 Å². The highest BCUT2D eigenvalue weighted by atomic mass is 32.2. The zero-order valence-electron chi connectivity index (χ0n) is 17.3. The first kappa shape index (κ1) is 21.8. The summed E-state index contributed by atoms with van der Waals surface area (Å²) in [5.41, 5.74) is 3.30. The first-order valence-electron chi connectivity index (χ1n) is 9.61. The first-order valence-corrected chi connectivity index (χ1v) is 11.5. The molecule has 3 rings (SSSR count). The van der Waals surface area contributed by atoms with E-state index in [-0.39, 0.29) is 17.3 Å². The predicted octanol–water partition coefficient (Wildman–Crippen LogP) is 4.16. The lowest BCUT2D eigenvalue weighted by Gasteiger charge is -2.12. The maximum Gasteiger partial charge on any atom is 0.175 e. The topological polar surface area (TPSA) is 92.4 Å². The number of aliphatic hydroxyl groups excluding tert-OH is 2. The maximum atomic E-state index is 12.1. The highest BCUT2D eigenvalue weighted by Gasteiger charge is 2.15. The van der Waals surface area contributed by atoms with Gasteiger partial charge in [0.1, 0.15) is 17.3 Å². The molecule has 2 aromatic carbocycles. The molecule has 0 saturated carbocycles. The van der Waals surface area contributed by atoms with E-state index in [9.17, 15) is 18.6 Å². The number of sulfone groups is 1. The summed E-state index contributed by atoms with van der Waals surface area (Å²) in [4.78, 5) is 4.62. The fraction of sp³-hybridized carbons (Fsp3) is 0.261. The van der Waals surface area contributed by atoms with E-state index in [4.69, 9.17) is 0 Å². The van der Waals surface area contributed by atoms with Gasteiger partial charge in [-0.15, -0.1) is 0 Å². The van der Waals surface area contributed by atoms with Gasteiger partial charge in [-0.1, -0.05) is 44.7 Å². The summed E-state index contributed by atoms with van der Waals surface area (Å²) < 4.78 is 26.1. The number of hydrogen-bond acceptors (Lipinski definition) is 5. The Bertz CT molecular complexity index is 1180. The van der Waals surface area contributed by atoms with Gasteiger partial charge in [0.05, 0.1) is 11.5 Å². The lowest BCUT2D eigenvalue weighted by molar-refractivity contribution is 0.278. The van der Waals surface area contributed by atoms with Crippen molar-refractivity contribution in [2.24, 2.45) is 5.92 Å². The zero-order valence-corrected chi connectivity index (χ0v) is 18.1. The monoisotopic (exact) mass is 426 g/mol. The second-order valence-corrected chi connectivity index (χ2v) is 9.74. The minimum Gasteiger partial charge on any atom is -0.506 e. The molecule has 0 fully saturated rings. The van der Waals surface area contributed by atoms with Crippen LogP contribution in [0.2, 0.25) is 0 Å². The van der Waals surface area contributed by atoms with Gasteiger partial charge in [0.25, 0.3) is 0 Å². The number of aliphatic hydroxyl groups is 2. The largest absolute Gasteiger partial charge is 0.506 e. The van der Waals surface area contributed by atoms with Gasteiger partial charge in [-0.25, -0.2) is 13.4 Å². The highest BCUT2D eigenvalue weighted by molar-refractivity contribution is 7.90. The molecule has 30 heavy (non-hydrogen) atoms. The molecule has 0 unspecified atom stereocenters. The first-order chi connectivity index (χ1) is 14.1. The fourth-order valence-electron chi connectivity index (χ4n) is 3.31. The minimum atomic E-state index is -3.45. The van der Waals surface area contributed by atoms with Crippen LogP contribution in [0.1, 0.15) is 30.9 Å². The summed E-state index contributed by atoms with van der Waals surface area (Å²) in [5.74, 6) is 1.15. The molecule has 3 aromatic rings. The minimum absolute atomic E-state index is 0.0762. The Morgan fingerprint density at radius 2 is 1.77 bits per heavy atom. The lowest BCUT2D eigenvalue weighted by atomic mass is 10.0. The van der Waals surface area contributed by atoms with Gasteiger partial charge >= 0.3 is 0 Å². The summed E-state index contributed by atoms with van der Waals surface area (Å²) in [7, 11) is -3.45. The molecular weight excluding hydrogens is 400 g/mol. The van der Waals surface area contributed by atoms with Crippen LogP contribution in [0, 0.1) is 5.92 Å². The molecule has 2 N–H and O–H groups in total.